The predicted molar refractivity (Wildman–Crippen MR) is 46.3 cm³/mol. The number of alkyl halides is 1. The van der Waals surface area contributed by atoms with Crippen molar-refractivity contribution in [3.63, 3.8) is 0 Å². The summed E-state index contributed by atoms with van der Waals surface area (Å²) in [4.78, 5) is 0. The fourth-order valence-corrected chi connectivity index (χ4v) is 2.10. The van der Waals surface area contributed by atoms with E-state index in [0.29, 0.717) is 12.3 Å². The standard InChI is InChI=1S/C10H19F/c1-3-5-8-6-7-9(8)10(11)4-2/h8-10H,3-7H2,1-2H3/t8?,9-,10+/m0/s1. The molecule has 0 saturated heterocycles. The summed E-state index contributed by atoms with van der Waals surface area (Å²) in [6, 6.07) is 0. The minimum absolute atomic E-state index is 0.417. The first kappa shape index (κ1) is 9.02. The molecule has 0 heterocycles. The predicted octanol–water partition coefficient (Wildman–Crippen LogP) is 3.56. The van der Waals surface area contributed by atoms with Crippen molar-refractivity contribution in [2.45, 2.75) is 52.1 Å². The van der Waals surface area contributed by atoms with Crippen molar-refractivity contribution in [3.05, 3.63) is 0 Å². The third-order valence-electron chi connectivity index (χ3n) is 2.99. The number of hydrogen-bond acceptors (Lipinski definition) is 0. The van der Waals surface area contributed by atoms with Crippen LogP contribution >= 0.6 is 0 Å². The molecule has 0 radical (unpaired) electrons. The zero-order valence-electron chi connectivity index (χ0n) is 7.65. The Hall–Kier alpha value is -0.0700. The van der Waals surface area contributed by atoms with Crippen molar-refractivity contribution in [1.29, 1.82) is 0 Å². The first-order chi connectivity index (χ1) is 5.29. The van der Waals surface area contributed by atoms with E-state index in [0.717, 1.165) is 12.3 Å². The van der Waals surface area contributed by atoms with Crippen LogP contribution in [0.3, 0.4) is 0 Å². The van der Waals surface area contributed by atoms with Crippen molar-refractivity contribution >= 4 is 0 Å². The van der Waals surface area contributed by atoms with Crippen LogP contribution in [0.15, 0.2) is 0 Å². The van der Waals surface area contributed by atoms with Crippen molar-refractivity contribution in [2.75, 3.05) is 0 Å². The van der Waals surface area contributed by atoms with Crippen LogP contribution in [0.5, 0.6) is 0 Å². The maximum absolute atomic E-state index is 13.2. The molecule has 1 fully saturated rings. The Morgan fingerprint density at radius 3 is 2.45 bits per heavy atom. The molecule has 3 atom stereocenters. The third-order valence-corrected chi connectivity index (χ3v) is 2.99. The van der Waals surface area contributed by atoms with E-state index < -0.39 is 6.17 Å². The molecule has 11 heavy (non-hydrogen) atoms. The topological polar surface area (TPSA) is 0 Å². The molecule has 0 spiro atoms. The molecule has 1 rings (SSSR count). The van der Waals surface area contributed by atoms with Gasteiger partial charge in [-0.25, -0.2) is 4.39 Å². The maximum atomic E-state index is 13.2. The zero-order chi connectivity index (χ0) is 8.27. The van der Waals surface area contributed by atoms with Crippen molar-refractivity contribution in [2.24, 2.45) is 11.8 Å². The van der Waals surface area contributed by atoms with Gasteiger partial charge in [-0.3, -0.25) is 0 Å². The molecule has 0 bridgehead atoms. The van der Waals surface area contributed by atoms with E-state index in [4.69, 9.17) is 0 Å². The summed E-state index contributed by atoms with van der Waals surface area (Å²) in [5.74, 6) is 1.13. The largest absolute Gasteiger partial charge is 0.247 e. The molecular weight excluding hydrogens is 139 g/mol. The summed E-state index contributed by atoms with van der Waals surface area (Å²) in [6.07, 6.45) is 5.08. The first-order valence-electron chi connectivity index (χ1n) is 4.93. The van der Waals surface area contributed by atoms with Gasteiger partial charge in [-0.15, -0.1) is 0 Å². The van der Waals surface area contributed by atoms with Crippen LogP contribution in [0.4, 0.5) is 4.39 Å². The van der Waals surface area contributed by atoms with Gasteiger partial charge in [0.15, 0.2) is 0 Å². The van der Waals surface area contributed by atoms with E-state index in [9.17, 15) is 4.39 Å². The molecule has 0 amide bonds. The summed E-state index contributed by atoms with van der Waals surface area (Å²) < 4.78 is 13.2. The van der Waals surface area contributed by atoms with E-state index in [-0.39, 0.29) is 0 Å². The van der Waals surface area contributed by atoms with E-state index >= 15 is 0 Å². The molecule has 0 aliphatic heterocycles. The van der Waals surface area contributed by atoms with Crippen LogP contribution in [0.2, 0.25) is 0 Å². The average Bonchev–Trinajstić information content (AvgIpc) is 1.98. The van der Waals surface area contributed by atoms with Gasteiger partial charge < -0.3 is 0 Å². The first-order valence-corrected chi connectivity index (χ1v) is 4.93. The van der Waals surface area contributed by atoms with Gasteiger partial charge in [0, 0.05) is 0 Å². The summed E-state index contributed by atoms with van der Waals surface area (Å²) in [7, 11) is 0. The highest BCUT2D eigenvalue weighted by atomic mass is 19.1. The Kier molecular flexibility index (Phi) is 3.35. The molecule has 1 unspecified atom stereocenters. The summed E-state index contributed by atoms with van der Waals surface area (Å²) in [5, 5.41) is 0. The summed E-state index contributed by atoms with van der Waals surface area (Å²) in [5.41, 5.74) is 0. The minimum Gasteiger partial charge on any atom is -0.247 e. The molecule has 0 aromatic carbocycles. The van der Waals surface area contributed by atoms with Crippen LogP contribution in [0.25, 0.3) is 0 Å². The molecule has 1 heteroatoms. The lowest BCUT2D eigenvalue weighted by Crippen LogP contribution is -2.33. The molecule has 0 aromatic rings. The summed E-state index contributed by atoms with van der Waals surface area (Å²) >= 11 is 0. The highest BCUT2D eigenvalue weighted by Crippen LogP contribution is 2.41. The Bertz CT molecular complexity index is 111. The lowest BCUT2D eigenvalue weighted by atomic mass is 9.69. The quantitative estimate of drug-likeness (QED) is 0.587. The number of rotatable bonds is 4. The van der Waals surface area contributed by atoms with Crippen molar-refractivity contribution in [3.8, 4) is 0 Å². The average molecular weight is 158 g/mol. The Labute approximate surface area is 69.2 Å². The van der Waals surface area contributed by atoms with Gasteiger partial charge in [-0.2, -0.15) is 0 Å². The number of hydrogen-bond donors (Lipinski definition) is 0. The van der Waals surface area contributed by atoms with Crippen LogP contribution in [-0.2, 0) is 0 Å². The Balaban J connectivity index is 2.24. The SMILES string of the molecule is CCCC1CC[C@@H]1[C@H](F)CC. The zero-order valence-corrected chi connectivity index (χ0v) is 7.65. The monoisotopic (exact) mass is 158 g/mol. The van der Waals surface area contributed by atoms with Gasteiger partial charge >= 0.3 is 0 Å². The maximum Gasteiger partial charge on any atom is 0.103 e. The van der Waals surface area contributed by atoms with Gasteiger partial charge in [0.25, 0.3) is 0 Å². The van der Waals surface area contributed by atoms with Gasteiger partial charge in [0.1, 0.15) is 6.17 Å². The number of halogens is 1. The second kappa shape index (κ2) is 4.08. The summed E-state index contributed by atoms with van der Waals surface area (Å²) in [6.45, 7) is 4.14. The molecule has 0 nitrogen and oxygen atoms in total. The van der Waals surface area contributed by atoms with Crippen LogP contribution < -0.4 is 0 Å². The van der Waals surface area contributed by atoms with Gasteiger partial charge in [0.2, 0.25) is 0 Å². The Morgan fingerprint density at radius 2 is 2.09 bits per heavy atom. The van der Waals surface area contributed by atoms with Gasteiger partial charge in [-0.05, 0) is 31.1 Å². The normalized spacial score (nSPS) is 33.0. The second-order valence-corrected chi connectivity index (χ2v) is 3.71. The van der Waals surface area contributed by atoms with E-state index in [2.05, 4.69) is 6.92 Å². The van der Waals surface area contributed by atoms with Crippen LogP contribution in [0.1, 0.15) is 46.0 Å². The molecule has 1 aliphatic rings. The van der Waals surface area contributed by atoms with Crippen molar-refractivity contribution < 1.29 is 4.39 Å². The van der Waals surface area contributed by atoms with Crippen LogP contribution in [0, 0.1) is 11.8 Å². The van der Waals surface area contributed by atoms with E-state index in [1.54, 1.807) is 0 Å². The fraction of sp³-hybridized carbons (Fsp3) is 1.00. The van der Waals surface area contributed by atoms with E-state index in [1.165, 1.54) is 19.3 Å². The van der Waals surface area contributed by atoms with Gasteiger partial charge in [0.05, 0.1) is 0 Å². The third kappa shape index (κ3) is 1.94. The highest BCUT2D eigenvalue weighted by molar-refractivity contribution is 4.85. The molecule has 1 aliphatic carbocycles. The highest BCUT2D eigenvalue weighted by Gasteiger charge is 2.35. The lowest BCUT2D eigenvalue weighted by Gasteiger charge is -2.38. The van der Waals surface area contributed by atoms with Crippen molar-refractivity contribution in [1.82, 2.24) is 0 Å². The fourth-order valence-electron chi connectivity index (χ4n) is 2.10. The van der Waals surface area contributed by atoms with E-state index in [1.807, 2.05) is 6.92 Å². The minimum atomic E-state index is -0.514. The molecule has 66 valence electrons. The smallest absolute Gasteiger partial charge is 0.103 e. The molecule has 0 aromatic heterocycles. The van der Waals surface area contributed by atoms with Gasteiger partial charge in [-0.1, -0.05) is 26.7 Å². The molecular formula is C10H19F. The molecule has 0 N–H and O–H groups in total. The van der Waals surface area contributed by atoms with Crippen LogP contribution in [-0.4, -0.2) is 6.17 Å². The molecule has 1 saturated carbocycles. The lowest BCUT2D eigenvalue weighted by molar-refractivity contribution is 0.0638. The Morgan fingerprint density at radius 1 is 1.36 bits per heavy atom. The second-order valence-electron chi connectivity index (χ2n) is 3.71.